The first-order chi connectivity index (χ1) is 21.5. The van der Waals surface area contributed by atoms with Crippen LogP contribution in [0.25, 0.3) is 22.2 Å². The van der Waals surface area contributed by atoms with E-state index in [-0.39, 0.29) is 42.4 Å². The van der Waals surface area contributed by atoms with Crippen molar-refractivity contribution in [3.8, 4) is 34.3 Å². The SMILES string of the molecule is COc1cc(C(=O)NC[C@H](c2cc3c(c(-c4ccc5c(c4)OC(F)(F)O5)n2)OC[C@]3(C)C(N)=O)C2CC2)cc2cc(Cl)cnc12. The van der Waals surface area contributed by atoms with Crippen LogP contribution < -0.4 is 30.0 Å². The number of halogens is 3. The number of rotatable bonds is 8. The molecule has 0 unspecified atom stereocenters. The lowest BCUT2D eigenvalue weighted by Gasteiger charge is -2.22. The molecular weight excluding hydrogens is 610 g/mol. The molecule has 3 aliphatic rings. The zero-order valence-electron chi connectivity index (χ0n) is 24.2. The Balaban J connectivity index is 1.25. The van der Waals surface area contributed by atoms with Crippen molar-refractivity contribution in [1.82, 2.24) is 15.3 Å². The number of amides is 2. The molecule has 45 heavy (non-hydrogen) atoms. The maximum Gasteiger partial charge on any atom is 0.586 e. The molecule has 0 spiro atoms. The van der Waals surface area contributed by atoms with E-state index in [1.807, 2.05) is 0 Å². The number of carbonyl (C=O) groups excluding carboxylic acids is 2. The fraction of sp³-hybridized carbons (Fsp3) is 0.312. The number of methoxy groups -OCH3 is 1. The van der Waals surface area contributed by atoms with Gasteiger partial charge in [-0.2, -0.15) is 0 Å². The van der Waals surface area contributed by atoms with Gasteiger partial charge in [0.05, 0.1) is 12.1 Å². The molecular formula is C32H27ClF2N4O6. The Hall–Kier alpha value is -4.71. The Labute approximate surface area is 260 Å². The lowest BCUT2D eigenvalue weighted by Crippen LogP contribution is -2.40. The molecule has 0 saturated heterocycles. The molecule has 2 aliphatic heterocycles. The maximum atomic E-state index is 13.8. The van der Waals surface area contributed by atoms with Gasteiger partial charge in [0.15, 0.2) is 11.5 Å². The molecule has 2 amide bonds. The van der Waals surface area contributed by atoms with Crippen molar-refractivity contribution >= 4 is 34.3 Å². The number of hydrogen-bond acceptors (Lipinski definition) is 8. The van der Waals surface area contributed by atoms with E-state index in [2.05, 4.69) is 19.8 Å². The number of nitrogens with one attached hydrogen (secondary N) is 1. The minimum absolute atomic E-state index is 0.00801. The second-order valence-corrected chi connectivity index (χ2v) is 12.1. The van der Waals surface area contributed by atoms with E-state index in [1.54, 1.807) is 37.3 Å². The average molecular weight is 637 g/mol. The van der Waals surface area contributed by atoms with Crippen molar-refractivity contribution in [2.24, 2.45) is 11.7 Å². The lowest BCUT2D eigenvalue weighted by atomic mass is 9.82. The smallest absolute Gasteiger partial charge is 0.494 e. The molecule has 4 heterocycles. The average Bonchev–Trinajstić information content (AvgIpc) is 3.71. The van der Waals surface area contributed by atoms with Gasteiger partial charge >= 0.3 is 6.29 Å². The van der Waals surface area contributed by atoms with Crippen molar-refractivity contribution in [1.29, 1.82) is 0 Å². The number of benzene rings is 2. The Morgan fingerprint density at radius 3 is 2.67 bits per heavy atom. The van der Waals surface area contributed by atoms with E-state index in [9.17, 15) is 18.4 Å². The van der Waals surface area contributed by atoms with Crippen LogP contribution in [-0.2, 0) is 10.2 Å². The third-order valence-electron chi connectivity index (χ3n) is 8.56. The van der Waals surface area contributed by atoms with Crippen LogP contribution >= 0.6 is 11.6 Å². The van der Waals surface area contributed by atoms with Gasteiger partial charge in [0.1, 0.15) is 34.7 Å². The highest BCUT2D eigenvalue weighted by atomic mass is 35.5. The summed E-state index contributed by atoms with van der Waals surface area (Å²) in [5, 5.41) is 4.12. The summed E-state index contributed by atoms with van der Waals surface area (Å²) in [5.41, 5.74) is 7.55. The molecule has 1 aliphatic carbocycles. The molecule has 7 rings (SSSR count). The highest BCUT2D eigenvalue weighted by Crippen LogP contribution is 2.50. The van der Waals surface area contributed by atoms with E-state index in [1.165, 1.54) is 25.4 Å². The summed E-state index contributed by atoms with van der Waals surface area (Å²) in [6.07, 6.45) is -0.430. The van der Waals surface area contributed by atoms with Gasteiger partial charge in [0, 0.05) is 46.4 Å². The molecule has 3 N–H and O–H groups in total. The number of fused-ring (bicyclic) bond motifs is 3. The van der Waals surface area contributed by atoms with Gasteiger partial charge in [0.25, 0.3) is 5.91 Å². The quantitative estimate of drug-likeness (QED) is 0.265. The summed E-state index contributed by atoms with van der Waals surface area (Å²) in [6.45, 7) is 1.92. The molecule has 1 fully saturated rings. The summed E-state index contributed by atoms with van der Waals surface area (Å²) in [6, 6.07) is 11.2. The highest BCUT2D eigenvalue weighted by Gasteiger charge is 2.46. The molecule has 232 valence electrons. The van der Waals surface area contributed by atoms with Crippen LogP contribution in [0.3, 0.4) is 0 Å². The number of nitrogens with zero attached hydrogens (tertiary/aromatic N) is 2. The monoisotopic (exact) mass is 636 g/mol. The van der Waals surface area contributed by atoms with Crippen LogP contribution in [0.2, 0.25) is 5.02 Å². The van der Waals surface area contributed by atoms with E-state index in [4.69, 9.17) is 31.8 Å². The molecule has 4 aromatic rings. The van der Waals surface area contributed by atoms with Crippen LogP contribution in [0.1, 0.15) is 47.3 Å². The van der Waals surface area contributed by atoms with Crippen LogP contribution in [0.4, 0.5) is 8.78 Å². The van der Waals surface area contributed by atoms with Gasteiger partial charge in [0.2, 0.25) is 5.91 Å². The van der Waals surface area contributed by atoms with Crippen molar-refractivity contribution in [3.05, 3.63) is 70.5 Å². The maximum absolute atomic E-state index is 13.8. The first kappa shape index (κ1) is 29.0. The Morgan fingerprint density at radius 1 is 1.16 bits per heavy atom. The second-order valence-electron chi connectivity index (χ2n) is 11.6. The predicted molar refractivity (Wildman–Crippen MR) is 159 cm³/mol. The van der Waals surface area contributed by atoms with Crippen LogP contribution in [0.15, 0.2) is 48.7 Å². The second kappa shape index (κ2) is 10.4. The summed E-state index contributed by atoms with van der Waals surface area (Å²) in [4.78, 5) is 35.3. The fourth-order valence-electron chi connectivity index (χ4n) is 5.88. The molecule has 0 bridgehead atoms. The lowest BCUT2D eigenvalue weighted by molar-refractivity contribution is -0.286. The topological polar surface area (TPSA) is 135 Å². The Kier molecular flexibility index (Phi) is 6.73. The summed E-state index contributed by atoms with van der Waals surface area (Å²) in [7, 11) is 1.50. The zero-order valence-corrected chi connectivity index (χ0v) is 24.9. The number of hydrogen-bond donors (Lipinski definition) is 2. The first-order valence-electron chi connectivity index (χ1n) is 14.3. The van der Waals surface area contributed by atoms with Gasteiger partial charge in [-0.1, -0.05) is 11.6 Å². The van der Waals surface area contributed by atoms with Crippen LogP contribution in [-0.4, -0.2) is 48.3 Å². The third kappa shape index (κ3) is 5.12. The van der Waals surface area contributed by atoms with Crippen LogP contribution in [0.5, 0.6) is 23.0 Å². The molecule has 0 radical (unpaired) electrons. The normalized spacial score (nSPS) is 19.9. The standard InChI is InChI=1S/C32H27ClF2N4O6/c1-31(30(36)41)14-43-28-21(31)11-22(39-27(28)16-5-6-23-24(9-16)45-32(34,35)44-23)20(15-3-4-15)13-38-29(40)18-7-17-8-19(33)12-37-26(17)25(10-18)42-2/h5-12,15,20H,3-4,13-14H2,1-2H3,(H2,36,41)(H,38,40)/t20-,31-/m0/s1. The number of alkyl halides is 2. The summed E-state index contributed by atoms with van der Waals surface area (Å²) >= 11 is 6.14. The third-order valence-corrected chi connectivity index (χ3v) is 8.77. The van der Waals surface area contributed by atoms with Gasteiger partial charge < -0.3 is 30.0 Å². The van der Waals surface area contributed by atoms with Gasteiger partial charge in [-0.3, -0.25) is 14.6 Å². The molecule has 1 saturated carbocycles. The minimum atomic E-state index is -3.79. The number of primary amides is 1. The van der Waals surface area contributed by atoms with E-state index >= 15 is 0 Å². The zero-order chi connectivity index (χ0) is 31.7. The Bertz CT molecular complexity index is 1900. The van der Waals surface area contributed by atoms with Gasteiger partial charge in [-0.25, -0.2) is 4.98 Å². The number of nitrogens with two attached hydrogens (primary N) is 1. The Morgan fingerprint density at radius 2 is 1.93 bits per heavy atom. The largest absolute Gasteiger partial charge is 0.586 e. The van der Waals surface area contributed by atoms with Crippen molar-refractivity contribution < 1.29 is 37.3 Å². The number of aromatic nitrogens is 2. The first-order valence-corrected chi connectivity index (χ1v) is 14.6. The number of ether oxygens (including phenoxy) is 4. The number of carbonyl (C=O) groups is 2. The van der Waals surface area contributed by atoms with Gasteiger partial charge in [-0.15, -0.1) is 8.78 Å². The van der Waals surface area contributed by atoms with E-state index < -0.39 is 17.6 Å². The van der Waals surface area contributed by atoms with Crippen LogP contribution in [0, 0.1) is 5.92 Å². The number of pyridine rings is 2. The van der Waals surface area contributed by atoms with Crippen molar-refractivity contribution in [3.63, 3.8) is 0 Å². The van der Waals surface area contributed by atoms with Gasteiger partial charge in [-0.05, 0) is 68.1 Å². The highest BCUT2D eigenvalue weighted by molar-refractivity contribution is 6.31. The minimum Gasteiger partial charge on any atom is -0.494 e. The fourth-order valence-corrected chi connectivity index (χ4v) is 6.05. The summed E-state index contributed by atoms with van der Waals surface area (Å²) < 4.78 is 48.2. The van der Waals surface area contributed by atoms with E-state index in [0.717, 1.165) is 12.8 Å². The summed E-state index contributed by atoms with van der Waals surface area (Å²) in [5.74, 6) is -0.410. The predicted octanol–water partition coefficient (Wildman–Crippen LogP) is 5.34. The molecule has 2 aromatic carbocycles. The van der Waals surface area contributed by atoms with E-state index in [0.29, 0.717) is 55.5 Å². The molecule has 2 atom stereocenters. The molecule has 10 nitrogen and oxygen atoms in total. The van der Waals surface area contributed by atoms with Crippen molar-refractivity contribution in [2.75, 3.05) is 20.3 Å². The molecule has 2 aromatic heterocycles. The van der Waals surface area contributed by atoms with Crippen molar-refractivity contribution in [2.45, 2.75) is 37.4 Å². The molecule has 13 heteroatoms.